The van der Waals surface area contributed by atoms with Crippen molar-refractivity contribution < 1.29 is 13.2 Å². The molecule has 2 aromatic rings. The Hall–Kier alpha value is -2.05. The number of nitrogens with one attached hydrogen (secondary N) is 1. The predicted molar refractivity (Wildman–Crippen MR) is 97.1 cm³/mol. The number of rotatable bonds is 6. The third-order valence-electron chi connectivity index (χ3n) is 3.92. The SMILES string of the molecule is COc1ccc(S(=O)(=O)N(C)C)cc1NCc1cc(C)ccc1C. The molecule has 24 heavy (non-hydrogen) atoms. The fraction of sp³-hybridized carbons (Fsp3) is 0.333. The van der Waals surface area contributed by atoms with E-state index in [2.05, 4.69) is 30.4 Å². The van der Waals surface area contributed by atoms with E-state index in [-0.39, 0.29) is 4.90 Å². The summed E-state index contributed by atoms with van der Waals surface area (Å²) in [5.74, 6) is 0.609. The van der Waals surface area contributed by atoms with E-state index in [0.717, 1.165) is 5.56 Å². The van der Waals surface area contributed by atoms with Gasteiger partial charge in [-0.2, -0.15) is 0 Å². The van der Waals surface area contributed by atoms with Crippen LogP contribution in [0, 0.1) is 13.8 Å². The van der Waals surface area contributed by atoms with E-state index in [4.69, 9.17) is 4.74 Å². The Kier molecular flexibility index (Phi) is 5.51. The first-order valence-electron chi connectivity index (χ1n) is 7.66. The normalized spacial score (nSPS) is 11.6. The van der Waals surface area contributed by atoms with Gasteiger partial charge in [-0.3, -0.25) is 0 Å². The largest absolute Gasteiger partial charge is 0.495 e. The first-order valence-corrected chi connectivity index (χ1v) is 9.10. The van der Waals surface area contributed by atoms with Crippen molar-refractivity contribution in [2.24, 2.45) is 0 Å². The lowest BCUT2D eigenvalue weighted by molar-refractivity contribution is 0.416. The Morgan fingerprint density at radius 2 is 1.79 bits per heavy atom. The molecule has 6 heteroatoms. The lowest BCUT2D eigenvalue weighted by Gasteiger charge is -2.16. The highest BCUT2D eigenvalue weighted by molar-refractivity contribution is 7.89. The minimum Gasteiger partial charge on any atom is -0.495 e. The van der Waals surface area contributed by atoms with Crippen molar-refractivity contribution in [2.45, 2.75) is 25.3 Å². The highest BCUT2D eigenvalue weighted by Gasteiger charge is 2.19. The number of hydrogen-bond donors (Lipinski definition) is 1. The molecule has 0 fully saturated rings. The molecule has 5 nitrogen and oxygen atoms in total. The maximum absolute atomic E-state index is 12.3. The van der Waals surface area contributed by atoms with Gasteiger partial charge in [-0.1, -0.05) is 23.8 Å². The van der Waals surface area contributed by atoms with E-state index in [9.17, 15) is 8.42 Å². The summed E-state index contributed by atoms with van der Waals surface area (Å²) in [6, 6.07) is 11.1. The average Bonchev–Trinajstić information content (AvgIpc) is 2.55. The number of anilines is 1. The highest BCUT2D eigenvalue weighted by atomic mass is 32.2. The predicted octanol–water partition coefficient (Wildman–Crippen LogP) is 3.17. The Morgan fingerprint density at radius 3 is 2.42 bits per heavy atom. The number of sulfonamides is 1. The lowest BCUT2D eigenvalue weighted by atomic mass is 10.1. The monoisotopic (exact) mass is 348 g/mol. The summed E-state index contributed by atoms with van der Waals surface area (Å²) < 4.78 is 31.2. The van der Waals surface area contributed by atoms with Crippen LogP contribution in [0.3, 0.4) is 0 Å². The van der Waals surface area contributed by atoms with Gasteiger partial charge < -0.3 is 10.1 Å². The quantitative estimate of drug-likeness (QED) is 0.871. The van der Waals surface area contributed by atoms with Crippen LogP contribution in [0.25, 0.3) is 0 Å². The summed E-state index contributed by atoms with van der Waals surface area (Å²) in [7, 11) is 1.12. The number of hydrogen-bond acceptors (Lipinski definition) is 4. The van der Waals surface area contributed by atoms with Crippen LogP contribution in [0.5, 0.6) is 5.75 Å². The molecule has 0 unspecified atom stereocenters. The zero-order chi connectivity index (χ0) is 17.9. The van der Waals surface area contributed by atoms with E-state index in [1.54, 1.807) is 25.3 Å². The molecule has 0 saturated heterocycles. The molecule has 0 radical (unpaired) electrons. The maximum atomic E-state index is 12.3. The second kappa shape index (κ2) is 7.23. The number of nitrogens with zero attached hydrogens (tertiary/aromatic N) is 1. The maximum Gasteiger partial charge on any atom is 0.242 e. The fourth-order valence-corrected chi connectivity index (χ4v) is 3.31. The molecule has 2 aromatic carbocycles. The number of ether oxygens (including phenoxy) is 1. The fourth-order valence-electron chi connectivity index (χ4n) is 2.38. The Labute approximate surface area is 144 Å². The standard InChI is InChI=1S/C18H24N2O3S/c1-13-6-7-14(2)15(10-13)12-19-17-11-16(8-9-18(17)23-5)24(21,22)20(3)4/h6-11,19H,12H2,1-5H3. The average molecular weight is 348 g/mol. The molecule has 0 bridgehead atoms. The van der Waals surface area contributed by atoms with E-state index < -0.39 is 10.0 Å². The smallest absolute Gasteiger partial charge is 0.242 e. The molecular formula is C18H24N2O3S. The van der Waals surface area contributed by atoms with Crippen LogP contribution in [0.2, 0.25) is 0 Å². The second-order valence-corrected chi connectivity index (χ2v) is 8.08. The molecule has 0 spiro atoms. The van der Waals surface area contributed by atoms with Crippen LogP contribution in [0.15, 0.2) is 41.3 Å². The molecule has 0 atom stereocenters. The van der Waals surface area contributed by atoms with Crippen LogP contribution in [-0.4, -0.2) is 33.9 Å². The number of benzene rings is 2. The molecule has 0 saturated carbocycles. The minimum atomic E-state index is -3.48. The highest BCUT2D eigenvalue weighted by Crippen LogP contribution is 2.29. The molecular weight excluding hydrogens is 324 g/mol. The van der Waals surface area contributed by atoms with Crippen molar-refractivity contribution >= 4 is 15.7 Å². The van der Waals surface area contributed by atoms with Gasteiger partial charge in [0.05, 0.1) is 17.7 Å². The van der Waals surface area contributed by atoms with E-state index >= 15 is 0 Å². The van der Waals surface area contributed by atoms with Gasteiger partial charge in [0.15, 0.2) is 0 Å². The molecule has 0 aliphatic heterocycles. The summed E-state index contributed by atoms with van der Waals surface area (Å²) >= 11 is 0. The van der Waals surface area contributed by atoms with Gasteiger partial charge in [-0.05, 0) is 43.2 Å². The van der Waals surface area contributed by atoms with Gasteiger partial charge in [0.2, 0.25) is 10.0 Å². The van der Waals surface area contributed by atoms with Gasteiger partial charge >= 0.3 is 0 Å². The van der Waals surface area contributed by atoms with E-state index in [0.29, 0.717) is 18.0 Å². The second-order valence-electron chi connectivity index (χ2n) is 5.93. The third-order valence-corrected chi connectivity index (χ3v) is 5.73. The van der Waals surface area contributed by atoms with Gasteiger partial charge in [-0.25, -0.2) is 12.7 Å². The zero-order valence-electron chi connectivity index (χ0n) is 14.8. The summed E-state index contributed by atoms with van der Waals surface area (Å²) in [6.07, 6.45) is 0. The first kappa shape index (κ1) is 18.3. The molecule has 0 aliphatic rings. The van der Waals surface area contributed by atoms with Gasteiger partial charge in [0.25, 0.3) is 0 Å². The third kappa shape index (κ3) is 3.88. The van der Waals surface area contributed by atoms with Crippen LogP contribution >= 0.6 is 0 Å². The summed E-state index contributed by atoms with van der Waals surface area (Å²) in [5.41, 5.74) is 4.19. The lowest BCUT2D eigenvalue weighted by Crippen LogP contribution is -2.22. The summed E-state index contributed by atoms with van der Waals surface area (Å²) in [5, 5.41) is 3.29. The van der Waals surface area contributed by atoms with Crippen LogP contribution in [0.4, 0.5) is 5.69 Å². The topological polar surface area (TPSA) is 58.6 Å². The van der Waals surface area contributed by atoms with Crippen molar-refractivity contribution in [1.82, 2.24) is 4.31 Å². The van der Waals surface area contributed by atoms with Crippen LogP contribution < -0.4 is 10.1 Å². The molecule has 1 N–H and O–H groups in total. The molecule has 2 rings (SSSR count). The van der Waals surface area contributed by atoms with Gasteiger partial charge in [0, 0.05) is 20.6 Å². The Morgan fingerprint density at radius 1 is 1.08 bits per heavy atom. The van der Waals surface area contributed by atoms with Crippen molar-refractivity contribution in [2.75, 3.05) is 26.5 Å². The molecule has 0 aromatic heterocycles. The van der Waals surface area contributed by atoms with Crippen molar-refractivity contribution in [1.29, 1.82) is 0 Å². The molecule has 0 aliphatic carbocycles. The first-order chi connectivity index (χ1) is 11.3. The van der Waals surface area contributed by atoms with Crippen LogP contribution in [0.1, 0.15) is 16.7 Å². The molecule has 0 heterocycles. The number of methoxy groups -OCH3 is 1. The van der Waals surface area contributed by atoms with Crippen molar-refractivity contribution in [3.05, 3.63) is 53.1 Å². The van der Waals surface area contributed by atoms with Crippen molar-refractivity contribution in [3.63, 3.8) is 0 Å². The Balaban J connectivity index is 2.33. The summed E-state index contributed by atoms with van der Waals surface area (Å²) in [6.45, 7) is 4.70. The van der Waals surface area contributed by atoms with E-state index in [1.807, 2.05) is 6.92 Å². The van der Waals surface area contributed by atoms with Gasteiger partial charge in [0.1, 0.15) is 5.75 Å². The van der Waals surface area contributed by atoms with Crippen LogP contribution in [-0.2, 0) is 16.6 Å². The van der Waals surface area contributed by atoms with Crippen molar-refractivity contribution in [3.8, 4) is 5.75 Å². The molecule has 130 valence electrons. The minimum absolute atomic E-state index is 0.233. The molecule has 0 amide bonds. The zero-order valence-corrected chi connectivity index (χ0v) is 15.6. The van der Waals surface area contributed by atoms with Gasteiger partial charge in [-0.15, -0.1) is 0 Å². The summed E-state index contributed by atoms with van der Waals surface area (Å²) in [4.78, 5) is 0.233. The van der Waals surface area contributed by atoms with E-state index in [1.165, 1.54) is 29.5 Å². The Bertz CT molecular complexity index is 830. The number of aryl methyl sites for hydroxylation is 2.